The molecule has 7 nitrogen and oxygen atoms in total. The Labute approximate surface area is 244 Å². The number of aromatic carboxylic acids is 1. The number of hydrogen-bond donors (Lipinski definition) is 1. The summed E-state index contributed by atoms with van der Waals surface area (Å²) < 4.78 is 13.9. The average Bonchev–Trinajstić information content (AvgIpc) is 3.22. The van der Waals surface area contributed by atoms with Crippen molar-refractivity contribution < 1.29 is 19.4 Å². The van der Waals surface area contributed by atoms with Crippen LogP contribution in [0.4, 0.5) is 5.69 Å². The molecule has 1 aromatic heterocycles. The zero-order valence-corrected chi connectivity index (χ0v) is 24.7. The second-order valence-electron chi connectivity index (χ2n) is 12.1. The summed E-state index contributed by atoms with van der Waals surface area (Å²) in [6, 6.07) is 12.4. The van der Waals surface area contributed by atoms with Gasteiger partial charge in [0.25, 0.3) is 0 Å². The first-order valence-electron chi connectivity index (χ1n) is 15.7. The minimum absolute atomic E-state index is 0.358. The molecule has 2 aliphatic heterocycles. The fourth-order valence-electron chi connectivity index (χ4n) is 7.63. The van der Waals surface area contributed by atoms with Gasteiger partial charge < -0.3 is 28.9 Å². The predicted molar refractivity (Wildman–Crippen MR) is 165 cm³/mol. The summed E-state index contributed by atoms with van der Waals surface area (Å²) in [5.74, 6) is 1.15. The molecule has 0 spiro atoms. The van der Waals surface area contributed by atoms with Gasteiger partial charge >= 0.3 is 5.97 Å². The summed E-state index contributed by atoms with van der Waals surface area (Å²) in [6.07, 6.45) is 8.68. The monoisotopic (exact) mass is 559 g/mol. The van der Waals surface area contributed by atoms with Gasteiger partial charge in [-0.05, 0) is 80.8 Å². The molecule has 0 bridgehead atoms. The first kappa shape index (κ1) is 28.1. The van der Waals surface area contributed by atoms with E-state index in [-0.39, 0.29) is 0 Å². The number of carboxylic acid groups (broad SMARTS) is 1. The molecule has 3 aliphatic rings. The number of anilines is 1. The first-order valence-corrected chi connectivity index (χ1v) is 15.7. The second-order valence-corrected chi connectivity index (χ2v) is 12.1. The fraction of sp³-hybridized carbons (Fsp3) is 0.559. The number of ether oxygens (including phenoxy) is 2. The number of carboxylic acids is 1. The maximum Gasteiger partial charge on any atom is 0.335 e. The largest absolute Gasteiger partial charge is 0.494 e. The third-order valence-corrected chi connectivity index (χ3v) is 9.53. The Balaban J connectivity index is 1.42. The summed E-state index contributed by atoms with van der Waals surface area (Å²) in [4.78, 5) is 17.1. The van der Waals surface area contributed by atoms with E-state index >= 15 is 0 Å². The lowest BCUT2D eigenvalue weighted by molar-refractivity contribution is 0.0697. The van der Waals surface area contributed by atoms with Gasteiger partial charge in [-0.1, -0.05) is 25.3 Å². The molecule has 1 atom stereocenters. The van der Waals surface area contributed by atoms with Gasteiger partial charge in [0.05, 0.1) is 24.5 Å². The highest BCUT2D eigenvalue weighted by molar-refractivity contribution is 5.99. The van der Waals surface area contributed by atoms with Crippen molar-refractivity contribution in [2.45, 2.75) is 64.3 Å². The van der Waals surface area contributed by atoms with Crippen LogP contribution in [0.15, 0.2) is 36.4 Å². The van der Waals surface area contributed by atoms with Crippen LogP contribution in [0.25, 0.3) is 22.2 Å². The number of fused-ring (bicyclic) bond motifs is 5. The summed E-state index contributed by atoms with van der Waals surface area (Å²) in [5, 5.41) is 11.1. The van der Waals surface area contributed by atoms with Crippen LogP contribution >= 0.6 is 0 Å². The van der Waals surface area contributed by atoms with E-state index in [1.165, 1.54) is 72.8 Å². The van der Waals surface area contributed by atoms with Crippen LogP contribution in [0, 0.1) is 5.92 Å². The second kappa shape index (κ2) is 12.5. The average molecular weight is 560 g/mol. The number of rotatable bonds is 9. The number of piperidine rings is 1. The van der Waals surface area contributed by atoms with Crippen molar-refractivity contribution in [1.29, 1.82) is 0 Å². The lowest BCUT2D eigenvalue weighted by atomic mass is 9.81. The normalized spacial score (nSPS) is 20.0. The molecular weight excluding hydrogens is 514 g/mol. The summed E-state index contributed by atoms with van der Waals surface area (Å²) >= 11 is 0. The Bertz CT molecular complexity index is 1370. The molecule has 1 unspecified atom stereocenters. The quantitative estimate of drug-likeness (QED) is 0.317. The van der Waals surface area contributed by atoms with Gasteiger partial charge in [0.1, 0.15) is 5.75 Å². The van der Waals surface area contributed by atoms with Gasteiger partial charge in [0.15, 0.2) is 0 Å². The molecule has 1 N–H and O–H groups in total. The van der Waals surface area contributed by atoms with Gasteiger partial charge in [-0.15, -0.1) is 0 Å². The molecule has 0 amide bonds. The van der Waals surface area contributed by atoms with E-state index in [1.54, 1.807) is 6.07 Å². The van der Waals surface area contributed by atoms with E-state index in [4.69, 9.17) is 9.47 Å². The number of hydrogen-bond acceptors (Lipinski definition) is 5. The van der Waals surface area contributed by atoms with Crippen molar-refractivity contribution in [2.75, 3.05) is 57.9 Å². The third kappa shape index (κ3) is 5.71. The maximum absolute atomic E-state index is 12.0. The number of carbonyl (C=O) groups is 1. The van der Waals surface area contributed by atoms with Crippen LogP contribution in [0.5, 0.6) is 5.75 Å². The standard InChI is InChI=1S/C34H45N3O4/c1-3-41-27-12-14-29-30(21-27)36(17-16-35-15-7-8-24(22-35)23-40-2)18-19-37-31-20-26(34(38)39)11-13-28(31)32(33(29)37)25-9-5-4-6-10-25/h11-14,20-21,24-25H,3-10,15-19,22-23H2,1-2H3,(H,38,39). The van der Waals surface area contributed by atoms with E-state index in [0.717, 1.165) is 57.1 Å². The highest BCUT2D eigenvalue weighted by Crippen LogP contribution is 2.48. The molecule has 2 aromatic carbocycles. The summed E-state index contributed by atoms with van der Waals surface area (Å²) in [5.41, 5.74) is 6.60. The minimum atomic E-state index is -0.869. The molecule has 1 aliphatic carbocycles. The van der Waals surface area contributed by atoms with Gasteiger partial charge in [0.2, 0.25) is 0 Å². The zero-order chi connectivity index (χ0) is 28.3. The van der Waals surface area contributed by atoms with Gasteiger partial charge in [-0.2, -0.15) is 0 Å². The van der Waals surface area contributed by atoms with E-state index in [9.17, 15) is 9.90 Å². The maximum atomic E-state index is 12.0. The van der Waals surface area contributed by atoms with Gasteiger partial charge in [0, 0.05) is 68.1 Å². The zero-order valence-electron chi connectivity index (χ0n) is 24.7. The molecule has 220 valence electrons. The van der Waals surface area contributed by atoms with E-state index in [0.29, 0.717) is 24.0 Å². The van der Waals surface area contributed by atoms with Crippen molar-refractivity contribution in [3.63, 3.8) is 0 Å². The van der Waals surface area contributed by atoms with E-state index in [2.05, 4.69) is 38.6 Å². The van der Waals surface area contributed by atoms with Crippen molar-refractivity contribution in [1.82, 2.24) is 9.47 Å². The van der Waals surface area contributed by atoms with Gasteiger partial charge in [-0.3, -0.25) is 0 Å². The Kier molecular flexibility index (Phi) is 8.54. The molecule has 1 saturated heterocycles. The Morgan fingerprint density at radius 2 is 1.83 bits per heavy atom. The number of methoxy groups -OCH3 is 1. The van der Waals surface area contributed by atoms with Crippen molar-refractivity contribution in [2.24, 2.45) is 5.92 Å². The van der Waals surface area contributed by atoms with Crippen LogP contribution in [0.1, 0.15) is 73.7 Å². The number of aromatic nitrogens is 1. The lowest BCUT2D eigenvalue weighted by Crippen LogP contribution is -2.42. The molecule has 2 fully saturated rings. The molecule has 0 radical (unpaired) electrons. The molecule has 7 heteroatoms. The van der Waals surface area contributed by atoms with Gasteiger partial charge in [-0.25, -0.2) is 4.79 Å². The Morgan fingerprint density at radius 1 is 0.976 bits per heavy atom. The van der Waals surface area contributed by atoms with E-state index < -0.39 is 5.97 Å². The molecule has 3 heterocycles. The predicted octanol–water partition coefficient (Wildman–Crippen LogP) is 6.63. The molecule has 1 saturated carbocycles. The number of likely N-dealkylation sites (tertiary alicyclic amines) is 1. The van der Waals surface area contributed by atoms with Crippen LogP contribution in [0.3, 0.4) is 0 Å². The van der Waals surface area contributed by atoms with Crippen molar-refractivity contribution >= 4 is 22.6 Å². The van der Waals surface area contributed by atoms with Crippen molar-refractivity contribution in [3.05, 3.63) is 47.5 Å². The Morgan fingerprint density at radius 3 is 2.61 bits per heavy atom. The van der Waals surface area contributed by atoms with Crippen LogP contribution < -0.4 is 9.64 Å². The summed E-state index contributed by atoms with van der Waals surface area (Å²) in [6.45, 7) is 9.43. The van der Waals surface area contributed by atoms with Crippen LogP contribution in [-0.2, 0) is 11.3 Å². The van der Waals surface area contributed by atoms with Crippen molar-refractivity contribution in [3.8, 4) is 17.0 Å². The lowest BCUT2D eigenvalue weighted by Gasteiger charge is -2.34. The smallest absolute Gasteiger partial charge is 0.335 e. The van der Waals surface area contributed by atoms with Crippen LogP contribution in [0.2, 0.25) is 0 Å². The highest BCUT2D eigenvalue weighted by atomic mass is 16.5. The topological polar surface area (TPSA) is 67.2 Å². The van der Waals surface area contributed by atoms with E-state index in [1.807, 2.05) is 20.1 Å². The SMILES string of the molecule is CCOc1ccc2c(c1)N(CCN1CCCC(COC)C1)CCn1c-2c(C2CCCCC2)c2ccc(C(=O)O)cc21. The van der Waals surface area contributed by atoms with Crippen LogP contribution in [-0.4, -0.2) is 73.6 Å². The third-order valence-electron chi connectivity index (χ3n) is 9.53. The summed E-state index contributed by atoms with van der Waals surface area (Å²) in [7, 11) is 1.81. The minimum Gasteiger partial charge on any atom is -0.494 e. The molecular formula is C34H45N3O4. The molecule has 41 heavy (non-hydrogen) atoms. The Hall–Kier alpha value is -3.03. The highest BCUT2D eigenvalue weighted by Gasteiger charge is 2.31. The number of benzene rings is 2. The molecule has 6 rings (SSSR count). The first-order chi connectivity index (χ1) is 20.1. The fourth-order valence-corrected chi connectivity index (χ4v) is 7.63. The molecule has 3 aromatic rings. The number of nitrogens with zero attached hydrogens (tertiary/aromatic N) is 3.